The van der Waals surface area contributed by atoms with Crippen molar-refractivity contribution in [2.75, 3.05) is 13.6 Å². The number of Topliss-reactive ketones (excluding diaryl/α,β-unsaturated/α-hetero) is 1. The van der Waals surface area contributed by atoms with Crippen molar-refractivity contribution in [2.24, 2.45) is 5.92 Å². The Morgan fingerprint density at radius 2 is 1.83 bits per heavy atom. The predicted octanol–water partition coefficient (Wildman–Crippen LogP) is 2.28. The van der Waals surface area contributed by atoms with Crippen LogP contribution in [-0.4, -0.2) is 47.3 Å². The number of nitrogens with zero attached hydrogens (tertiary/aromatic N) is 2. The molecule has 1 saturated heterocycles. The van der Waals surface area contributed by atoms with Crippen LogP contribution in [0.15, 0.2) is 0 Å². The monoisotopic (exact) mass is 252 g/mol. The quantitative estimate of drug-likeness (QED) is 0.773. The lowest BCUT2D eigenvalue weighted by Crippen LogP contribution is -2.40. The Bertz CT molecular complexity index is 331. The summed E-state index contributed by atoms with van der Waals surface area (Å²) in [4.78, 5) is 27.4. The van der Waals surface area contributed by atoms with E-state index in [2.05, 4.69) is 13.8 Å². The van der Waals surface area contributed by atoms with Crippen LogP contribution in [0, 0.1) is 5.92 Å². The molecular weight excluding hydrogens is 228 g/mol. The number of urea groups is 1. The van der Waals surface area contributed by atoms with Gasteiger partial charge in [-0.1, -0.05) is 13.8 Å². The summed E-state index contributed by atoms with van der Waals surface area (Å²) in [5, 5.41) is 0. The number of carbonyl (C=O) groups excluding carboxylic acids is 2. The molecule has 0 aromatic carbocycles. The van der Waals surface area contributed by atoms with E-state index in [9.17, 15) is 9.59 Å². The molecule has 1 aliphatic heterocycles. The van der Waals surface area contributed by atoms with Crippen molar-refractivity contribution in [2.45, 2.75) is 58.0 Å². The number of hydrogen-bond acceptors (Lipinski definition) is 2. The summed E-state index contributed by atoms with van der Waals surface area (Å²) < 4.78 is 0. The van der Waals surface area contributed by atoms with Gasteiger partial charge in [-0.05, 0) is 25.2 Å². The predicted molar refractivity (Wildman–Crippen MR) is 70.4 cm³/mol. The highest BCUT2D eigenvalue weighted by Crippen LogP contribution is 2.27. The summed E-state index contributed by atoms with van der Waals surface area (Å²) in [6.07, 6.45) is 4.06. The van der Waals surface area contributed by atoms with Crippen molar-refractivity contribution in [3.05, 3.63) is 0 Å². The van der Waals surface area contributed by atoms with E-state index >= 15 is 0 Å². The van der Waals surface area contributed by atoms with Crippen LogP contribution in [-0.2, 0) is 4.79 Å². The zero-order chi connectivity index (χ0) is 13.3. The van der Waals surface area contributed by atoms with Gasteiger partial charge in [0.15, 0.2) is 0 Å². The van der Waals surface area contributed by atoms with Gasteiger partial charge in [-0.15, -0.1) is 0 Å². The van der Waals surface area contributed by atoms with Crippen LogP contribution in [0.4, 0.5) is 4.79 Å². The molecule has 1 aliphatic carbocycles. The van der Waals surface area contributed by atoms with Crippen LogP contribution < -0.4 is 0 Å². The third-order valence-corrected chi connectivity index (χ3v) is 4.20. The smallest absolute Gasteiger partial charge is 0.320 e. The number of amides is 2. The highest BCUT2D eigenvalue weighted by Gasteiger charge is 2.39. The van der Waals surface area contributed by atoms with Crippen LogP contribution in [0.3, 0.4) is 0 Å². The summed E-state index contributed by atoms with van der Waals surface area (Å²) >= 11 is 0. The van der Waals surface area contributed by atoms with Crippen molar-refractivity contribution in [1.82, 2.24) is 9.80 Å². The molecule has 1 unspecified atom stereocenters. The molecule has 4 heteroatoms. The molecule has 0 spiro atoms. The fourth-order valence-electron chi connectivity index (χ4n) is 3.10. The lowest BCUT2D eigenvalue weighted by atomic mass is 9.93. The maximum atomic E-state index is 12.2. The molecule has 0 N–H and O–H groups in total. The third kappa shape index (κ3) is 2.68. The molecular formula is C14H24N2O2. The second-order valence-electron chi connectivity index (χ2n) is 6.10. The number of hydrogen-bond donors (Lipinski definition) is 0. The van der Waals surface area contributed by atoms with Crippen molar-refractivity contribution >= 4 is 11.8 Å². The van der Waals surface area contributed by atoms with E-state index in [-0.39, 0.29) is 12.1 Å². The van der Waals surface area contributed by atoms with Gasteiger partial charge in [0.1, 0.15) is 5.78 Å². The van der Waals surface area contributed by atoms with Crippen molar-refractivity contribution in [1.29, 1.82) is 0 Å². The van der Waals surface area contributed by atoms with E-state index in [0.717, 1.165) is 25.8 Å². The maximum Gasteiger partial charge on any atom is 0.320 e. The normalized spacial score (nSPS) is 26.6. The van der Waals surface area contributed by atoms with Gasteiger partial charge >= 0.3 is 6.03 Å². The van der Waals surface area contributed by atoms with Crippen LogP contribution >= 0.6 is 0 Å². The van der Waals surface area contributed by atoms with Gasteiger partial charge in [-0.25, -0.2) is 4.79 Å². The molecule has 0 radical (unpaired) electrons. The lowest BCUT2D eigenvalue weighted by Gasteiger charge is -2.29. The molecule has 1 heterocycles. The molecule has 2 rings (SSSR count). The van der Waals surface area contributed by atoms with Crippen LogP contribution in [0.5, 0.6) is 0 Å². The van der Waals surface area contributed by atoms with Crippen molar-refractivity contribution in [3.63, 3.8) is 0 Å². The highest BCUT2D eigenvalue weighted by molar-refractivity contribution is 5.80. The molecule has 0 aromatic heterocycles. The number of ketones is 1. The molecule has 2 aliphatic rings. The number of likely N-dealkylation sites (N-methyl/N-ethyl adjacent to an activating group) is 1. The molecule has 4 nitrogen and oxygen atoms in total. The van der Waals surface area contributed by atoms with E-state index in [1.165, 1.54) is 0 Å². The summed E-state index contributed by atoms with van der Waals surface area (Å²) in [6, 6.07) is 0.782. The first-order valence-corrected chi connectivity index (χ1v) is 7.04. The third-order valence-electron chi connectivity index (χ3n) is 4.20. The Hall–Kier alpha value is -1.06. The van der Waals surface area contributed by atoms with Crippen LogP contribution in [0.1, 0.15) is 46.0 Å². The van der Waals surface area contributed by atoms with Crippen molar-refractivity contribution in [3.8, 4) is 0 Å². The molecule has 2 amide bonds. The molecule has 2 fully saturated rings. The van der Waals surface area contributed by atoms with E-state index in [1.807, 2.05) is 16.8 Å². The Labute approximate surface area is 109 Å². The summed E-state index contributed by atoms with van der Waals surface area (Å²) in [5.41, 5.74) is 0. The van der Waals surface area contributed by atoms with E-state index in [1.54, 1.807) is 0 Å². The molecule has 1 atom stereocenters. The minimum atomic E-state index is 0.153. The van der Waals surface area contributed by atoms with Gasteiger partial charge in [0.25, 0.3) is 0 Å². The topological polar surface area (TPSA) is 40.6 Å². The first-order valence-electron chi connectivity index (χ1n) is 7.04. The number of carbonyl (C=O) groups is 2. The summed E-state index contributed by atoms with van der Waals surface area (Å²) in [7, 11) is 1.91. The second-order valence-corrected chi connectivity index (χ2v) is 6.10. The highest BCUT2D eigenvalue weighted by atomic mass is 16.2. The van der Waals surface area contributed by atoms with Crippen molar-refractivity contribution < 1.29 is 9.59 Å². The molecule has 0 bridgehead atoms. The summed E-state index contributed by atoms with van der Waals surface area (Å²) in [5.74, 6) is 0.961. The average Bonchev–Trinajstić information content (AvgIpc) is 2.58. The SMILES string of the molecule is CC(C)CC1CN(C2CCC(=O)CC2)C(=O)N1C. The van der Waals surface area contributed by atoms with E-state index in [0.29, 0.717) is 30.6 Å². The maximum absolute atomic E-state index is 12.2. The minimum absolute atomic E-state index is 0.153. The van der Waals surface area contributed by atoms with Gasteiger partial charge in [0.2, 0.25) is 0 Å². The lowest BCUT2D eigenvalue weighted by molar-refractivity contribution is -0.121. The standard InChI is InChI=1S/C14H24N2O2/c1-10(2)8-12-9-16(14(18)15(12)3)11-4-6-13(17)7-5-11/h10-12H,4-9H2,1-3H3. The van der Waals surface area contributed by atoms with Gasteiger partial charge in [0, 0.05) is 32.5 Å². The zero-order valence-electron chi connectivity index (χ0n) is 11.7. The molecule has 18 heavy (non-hydrogen) atoms. The molecule has 1 saturated carbocycles. The van der Waals surface area contributed by atoms with Gasteiger partial charge in [-0.2, -0.15) is 0 Å². The second kappa shape index (κ2) is 5.29. The van der Waals surface area contributed by atoms with E-state index in [4.69, 9.17) is 0 Å². The van der Waals surface area contributed by atoms with Crippen LogP contribution in [0.2, 0.25) is 0 Å². The zero-order valence-corrected chi connectivity index (χ0v) is 11.7. The van der Waals surface area contributed by atoms with Gasteiger partial charge < -0.3 is 9.80 Å². The van der Waals surface area contributed by atoms with Gasteiger partial charge in [0.05, 0.1) is 6.04 Å². The number of rotatable bonds is 3. The Morgan fingerprint density at radius 3 is 2.39 bits per heavy atom. The fraction of sp³-hybridized carbons (Fsp3) is 0.857. The average molecular weight is 252 g/mol. The molecule has 0 aromatic rings. The largest absolute Gasteiger partial charge is 0.323 e. The Kier molecular flexibility index (Phi) is 3.93. The van der Waals surface area contributed by atoms with Crippen LogP contribution in [0.25, 0.3) is 0 Å². The fourth-order valence-corrected chi connectivity index (χ4v) is 3.10. The Balaban J connectivity index is 1.98. The van der Waals surface area contributed by atoms with E-state index < -0.39 is 0 Å². The minimum Gasteiger partial charge on any atom is -0.323 e. The van der Waals surface area contributed by atoms with Gasteiger partial charge in [-0.3, -0.25) is 4.79 Å². The first-order chi connectivity index (χ1) is 8.49. The molecule has 102 valence electrons. The first kappa shape index (κ1) is 13.4. The Morgan fingerprint density at radius 1 is 1.22 bits per heavy atom. The summed E-state index contributed by atoms with van der Waals surface area (Å²) in [6.45, 7) is 5.23.